The molecule has 88 valence electrons. The average molecular weight is 230 g/mol. The first kappa shape index (κ1) is 11.5. The summed E-state index contributed by atoms with van der Waals surface area (Å²) in [6.07, 6.45) is 1.59. The number of furan rings is 1. The van der Waals surface area contributed by atoms with E-state index in [2.05, 4.69) is 0 Å². The molecule has 0 atom stereocenters. The number of carbonyl (C=O) groups excluding carboxylic acids is 1. The van der Waals surface area contributed by atoms with Crippen LogP contribution in [0.5, 0.6) is 0 Å². The summed E-state index contributed by atoms with van der Waals surface area (Å²) in [5.41, 5.74) is 2.34. The number of benzene rings is 1. The quantitative estimate of drug-likeness (QED) is 0.758. The molecule has 0 aliphatic heterocycles. The Labute approximate surface area is 100 Å². The lowest BCUT2D eigenvalue weighted by Gasteiger charge is -2.09. The molecule has 3 heteroatoms. The van der Waals surface area contributed by atoms with E-state index in [1.54, 1.807) is 25.3 Å². The fourth-order valence-corrected chi connectivity index (χ4v) is 1.79. The number of aryl methyl sites for hydroxylation is 1. The minimum atomic E-state index is -0.317. The molecule has 2 aromatic rings. The molecule has 0 aliphatic rings. The van der Waals surface area contributed by atoms with E-state index in [1.165, 1.54) is 0 Å². The van der Waals surface area contributed by atoms with Crippen molar-refractivity contribution in [1.82, 2.24) is 0 Å². The molecular formula is C14H14O3. The van der Waals surface area contributed by atoms with Crippen LogP contribution in [-0.2, 0) is 4.74 Å². The molecule has 1 heterocycles. The molecule has 0 radical (unpaired) electrons. The zero-order valence-corrected chi connectivity index (χ0v) is 9.90. The van der Waals surface area contributed by atoms with Gasteiger partial charge in [-0.2, -0.15) is 0 Å². The lowest BCUT2D eigenvalue weighted by atomic mass is 10.00. The van der Waals surface area contributed by atoms with E-state index in [0.717, 1.165) is 11.1 Å². The number of rotatable bonds is 3. The van der Waals surface area contributed by atoms with E-state index in [9.17, 15) is 4.79 Å². The monoisotopic (exact) mass is 230 g/mol. The number of esters is 1. The molecule has 2 rings (SSSR count). The van der Waals surface area contributed by atoms with Crippen LogP contribution in [0.2, 0.25) is 0 Å². The van der Waals surface area contributed by atoms with Crippen LogP contribution < -0.4 is 0 Å². The first-order valence-corrected chi connectivity index (χ1v) is 5.54. The molecular weight excluding hydrogens is 216 g/mol. The molecule has 0 N–H and O–H groups in total. The second-order valence-corrected chi connectivity index (χ2v) is 3.70. The Kier molecular flexibility index (Phi) is 3.28. The summed E-state index contributed by atoms with van der Waals surface area (Å²) in [6.45, 7) is 4.10. The molecule has 0 aliphatic carbocycles. The molecule has 0 fully saturated rings. The Morgan fingerprint density at radius 2 is 2.12 bits per heavy atom. The van der Waals surface area contributed by atoms with Gasteiger partial charge in [0.2, 0.25) is 0 Å². The molecule has 0 saturated carbocycles. The Morgan fingerprint density at radius 1 is 1.29 bits per heavy atom. The third-order valence-electron chi connectivity index (χ3n) is 2.54. The summed E-state index contributed by atoms with van der Waals surface area (Å²) >= 11 is 0. The maximum absolute atomic E-state index is 11.8. The van der Waals surface area contributed by atoms with Gasteiger partial charge in [-0.25, -0.2) is 4.79 Å². The zero-order valence-electron chi connectivity index (χ0n) is 9.90. The SMILES string of the molecule is CCOC(=O)c1cccc(C)c1-c1ccco1. The molecule has 0 unspecified atom stereocenters. The van der Waals surface area contributed by atoms with Crippen LogP contribution in [0.1, 0.15) is 22.8 Å². The van der Waals surface area contributed by atoms with Gasteiger partial charge in [0, 0.05) is 5.56 Å². The highest BCUT2D eigenvalue weighted by Gasteiger charge is 2.17. The zero-order chi connectivity index (χ0) is 12.3. The van der Waals surface area contributed by atoms with E-state index in [4.69, 9.17) is 9.15 Å². The van der Waals surface area contributed by atoms with E-state index >= 15 is 0 Å². The topological polar surface area (TPSA) is 39.4 Å². The van der Waals surface area contributed by atoms with Crippen LogP contribution >= 0.6 is 0 Å². The minimum absolute atomic E-state index is 0.317. The number of hydrogen-bond acceptors (Lipinski definition) is 3. The van der Waals surface area contributed by atoms with Crippen molar-refractivity contribution in [2.24, 2.45) is 0 Å². The van der Waals surface area contributed by atoms with Crippen molar-refractivity contribution >= 4 is 5.97 Å². The van der Waals surface area contributed by atoms with Crippen molar-refractivity contribution in [3.63, 3.8) is 0 Å². The van der Waals surface area contributed by atoms with E-state index in [-0.39, 0.29) is 5.97 Å². The number of hydrogen-bond donors (Lipinski definition) is 0. The highest BCUT2D eigenvalue weighted by molar-refractivity contribution is 5.97. The van der Waals surface area contributed by atoms with Gasteiger partial charge in [0.25, 0.3) is 0 Å². The summed E-state index contributed by atoms with van der Waals surface area (Å²) in [6, 6.07) is 9.18. The lowest BCUT2D eigenvalue weighted by Crippen LogP contribution is -2.07. The van der Waals surface area contributed by atoms with Crippen LogP contribution in [0.15, 0.2) is 41.0 Å². The summed E-state index contributed by atoms with van der Waals surface area (Å²) in [4.78, 5) is 11.8. The smallest absolute Gasteiger partial charge is 0.338 e. The Balaban J connectivity index is 2.53. The maximum atomic E-state index is 11.8. The molecule has 1 aromatic heterocycles. The van der Waals surface area contributed by atoms with Gasteiger partial charge in [-0.05, 0) is 37.6 Å². The molecule has 0 spiro atoms. The lowest BCUT2D eigenvalue weighted by molar-refractivity contribution is 0.0527. The fraction of sp³-hybridized carbons (Fsp3) is 0.214. The predicted molar refractivity (Wildman–Crippen MR) is 64.8 cm³/mol. The van der Waals surface area contributed by atoms with Crippen molar-refractivity contribution in [1.29, 1.82) is 0 Å². The van der Waals surface area contributed by atoms with Gasteiger partial charge in [-0.3, -0.25) is 0 Å². The molecule has 3 nitrogen and oxygen atoms in total. The van der Waals surface area contributed by atoms with Crippen LogP contribution in [-0.4, -0.2) is 12.6 Å². The van der Waals surface area contributed by atoms with Crippen LogP contribution in [0, 0.1) is 6.92 Å². The van der Waals surface area contributed by atoms with Crippen molar-refractivity contribution in [2.75, 3.05) is 6.61 Å². The highest BCUT2D eigenvalue weighted by Crippen LogP contribution is 2.28. The third kappa shape index (κ3) is 2.23. The molecule has 1 aromatic carbocycles. The van der Waals surface area contributed by atoms with Crippen LogP contribution in [0.25, 0.3) is 11.3 Å². The number of ether oxygens (including phenoxy) is 1. The fourth-order valence-electron chi connectivity index (χ4n) is 1.79. The minimum Gasteiger partial charge on any atom is -0.464 e. The van der Waals surface area contributed by atoms with Gasteiger partial charge >= 0.3 is 5.97 Å². The molecule has 0 saturated heterocycles. The van der Waals surface area contributed by atoms with Crippen molar-refractivity contribution in [2.45, 2.75) is 13.8 Å². The van der Waals surface area contributed by atoms with E-state index in [0.29, 0.717) is 17.9 Å². The summed E-state index contributed by atoms with van der Waals surface area (Å²) in [7, 11) is 0. The molecule has 0 bridgehead atoms. The van der Waals surface area contributed by atoms with Gasteiger partial charge in [-0.1, -0.05) is 12.1 Å². The van der Waals surface area contributed by atoms with E-state index < -0.39 is 0 Å². The Morgan fingerprint density at radius 3 is 2.76 bits per heavy atom. The first-order valence-electron chi connectivity index (χ1n) is 5.54. The third-order valence-corrected chi connectivity index (χ3v) is 2.54. The highest BCUT2D eigenvalue weighted by atomic mass is 16.5. The maximum Gasteiger partial charge on any atom is 0.338 e. The van der Waals surface area contributed by atoms with Gasteiger partial charge < -0.3 is 9.15 Å². The second kappa shape index (κ2) is 4.87. The second-order valence-electron chi connectivity index (χ2n) is 3.70. The number of carbonyl (C=O) groups is 1. The van der Waals surface area contributed by atoms with Crippen LogP contribution in [0.3, 0.4) is 0 Å². The first-order chi connectivity index (χ1) is 8.24. The van der Waals surface area contributed by atoms with Gasteiger partial charge in [0.15, 0.2) is 0 Å². The predicted octanol–water partition coefficient (Wildman–Crippen LogP) is 3.43. The average Bonchev–Trinajstić information content (AvgIpc) is 2.82. The summed E-state index contributed by atoms with van der Waals surface area (Å²) in [5.74, 6) is 0.369. The summed E-state index contributed by atoms with van der Waals surface area (Å²) < 4.78 is 10.4. The van der Waals surface area contributed by atoms with Gasteiger partial charge in [-0.15, -0.1) is 0 Å². The normalized spacial score (nSPS) is 10.2. The standard InChI is InChI=1S/C14H14O3/c1-3-16-14(15)11-7-4-6-10(2)13(11)12-8-5-9-17-12/h4-9H,3H2,1-2H3. The van der Waals surface area contributed by atoms with Gasteiger partial charge in [0.05, 0.1) is 18.4 Å². The largest absolute Gasteiger partial charge is 0.464 e. The van der Waals surface area contributed by atoms with Gasteiger partial charge in [0.1, 0.15) is 5.76 Å². The van der Waals surface area contributed by atoms with Crippen molar-refractivity contribution in [3.05, 3.63) is 47.7 Å². The molecule has 17 heavy (non-hydrogen) atoms. The van der Waals surface area contributed by atoms with Crippen molar-refractivity contribution in [3.8, 4) is 11.3 Å². The Hall–Kier alpha value is -2.03. The Bertz CT molecular complexity index is 512. The van der Waals surface area contributed by atoms with E-state index in [1.807, 2.05) is 25.1 Å². The summed E-state index contributed by atoms with van der Waals surface area (Å²) in [5, 5.41) is 0. The van der Waals surface area contributed by atoms with Crippen LogP contribution in [0.4, 0.5) is 0 Å². The van der Waals surface area contributed by atoms with Crippen molar-refractivity contribution < 1.29 is 13.9 Å². The molecule has 0 amide bonds.